The van der Waals surface area contributed by atoms with Crippen LogP contribution in [-0.4, -0.2) is 16.8 Å². The van der Waals surface area contributed by atoms with Crippen molar-refractivity contribution in [3.63, 3.8) is 0 Å². The van der Waals surface area contributed by atoms with Crippen molar-refractivity contribution < 1.29 is 9.59 Å². The van der Waals surface area contributed by atoms with Crippen molar-refractivity contribution >= 4 is 45.7 Å². The lowest BCUT2D eigenvalue weighted by Gasteiger charge is -2.11. The number of hydrogen-bond donors (Lipinski definition) is 2. The fourth-order valence-electron chi connectivity index (χ4n) is 3.17. The van der Waals surface area contributed by atoms with Gasteiger partial charge in [0.25, 0.3) is 5.91 Å². The average molecular weight is 416 g/mol. The second-order valence-electron chi connectivity index (χ2n) is 6.79. The molecule has 3 aromatic carbocycles. The molecule has 4 aromatic rings. The molecule has 0 aliphatic carbocycles. The van der Waals surface area contributed by atoms with Crippen LogP contribution in [-0.2, 0) is 4.79 Å². The third kappa shape index (κ3) is 4.31. The summed E-state index contributed by atoms with van der Waals surface area (Å²) in [5.41, 5.74) is 4.12. The molecule has 4 rings (SSSR count). The number of pyridine rings is 1. The van der Waals surface area contributed by atoms with Gasteiger partial charge in [-0.25, -0.2) is 4.98 Å². The number of carbonyl (C=O) groups is 2. The van der Waals surface area contributed by atoms with Crippen molar-refractivity contribution in [2.75, 3.05) is 10.6 Å². The van der Waals surface area contributed by atoms with E-state index in [1.165, 1.54) is 6.92 Å². The highest BCUT2D eigenvalue weighted by molar-refractivity contribution is 6.30. The Morgan fingerprint density at radius 1 is 0.833 bits per heavy atom. The van der Waals surface area contributed by atoms with Crippen LogP contribution in [0.15, 0.2) is 78.9 Å². The summed E-state index contributed by atoms with van der Waals surface area (Å²) in [6.07, 6.45) is 0. The number of hydrogen-bond acceptors (Lipinski definition) is 3. The Kier molecular flexibility index (Phi) is 5.46. The zero-order valence-corrected chi connectivity index (χ0v) is 16.9. The van der Waals surface area contributed by atoms with Crippen LogP contribution in [0, 0.1) is 0 Å². The number of aromatic nitrogens is 1. The topological polar surface area (TPSA) is 71.1 Å². The number of para-hydroxylation sites is 1. The van der Waals surface area contributed by atoms with Gasteiger partial charge in [-0.15, -0.1) is 0 Å². The summed E-state index contributed by atoms with van der Waals surface area (Å²) in [6, 6.07) is 23.6. The molecule has 6 heteroatoms. The molecule has 148 valence electrons. The van der Waals surface area contributed by atoms with Gasteiger partial charge in [0.15, 0.2) is 0 Å². The number of nitrogens with one attached hydrogen (secondary N) is 2. The Bertz CT molecular complexity index is 1240. The molecule has 0 unspecified atom stereocenters. The first-order valence-electron chi connectivity index (χ1n) is 9.34. The summed E-state index contributed by atoms with van der Waals surface area (Å²) < 4.78 is 0. The number of halogens is 1. The van der Waals surface area contributed by atoms with Crippen LogP contribution in [0.2, 0.25) is 5.02 Å². The molecule has 0 atom stereocenters. The maximum Gasteiger partial charge on any atom is 0.256 e. The molecule has 0 spiro atoms. The van der Waals surface area contributed by atoms with Gasteiger partial charge < -0.3 is 10.6 Å². The first-order chi connectivity index (χ1) is 14.5. The predicted octanol–water partition coefficient (Wildman–Crippen LogP) is 5.77. The lowest BCUT2D eigenvalue weighted by molar-refractivity contribution is -0.114. The third-order valence-corrected chi connectivity index (χ3v) is 4.82. The minimum atomic E-state index is -0.240. The Hall–Kier alpha value is -3.70. The number of rotatable bonds is 4. The van der Waals surface area contributed by atoms with E-state index in [1.54, 1.807) is 42.5 Å². The maximum atomic E-state index is 13.1. The van der Waals surface area contributed by atoms with E-state index in [-0.39, 0.29) is 11.8 Å². The minimum Gasteiger partial charge on any atom is -0.326 e. The largest absolute Gasteiger partial charge is 0.326 e. The van der Waals surface area contributed by atoms with Crippen LogP contribution in [0.5, 0.6) is 0 Å². The number of fused-ring (bicyclic) bond motifs is 1. The Morgan fingerprint density at radius 3 is 2.13 bits per heavy atom. The molecule has 0 bridgehead atoms. The zero-order chi connectivity index (χ0) is 21.1. The second-order valence-corrected chi connectivity index (χ2v) is 7.23. The molecule has 0 aliphatic heterocycles. The van der Waals surface area contributed by atoms with Crippen molar-refractivity contribution in [1.82, 2.24) is 4.98 Å². The van der Waals surface area contributed by atoms with E-state index in [1.807, 2.05) is 36.4 Å². The summed E-state index contributed by atoms with van der Waals surface area (Å²) in [7, 11) is 0. The van der Waals surface area contributed by atoms with Gasteiger partial charge in [-0.1, -0.05) is 41.9 Å². The third-order valence-electron chi connectivity index (χ3n) is 4.56. The van der Waals surface area contributed by atoms with Crippen molar-refractivity contribution in [1.29, 1.82) is 0 Å². The van der Waals surface area contributed by atoms with Crippen LogP contribution in [0.3, 0.4) is 0 Å². The average Bonchev–Trinajstić information content (AvgIpc) is 2.74. The zero-order valence-electron chi connectivity index (χ0n) is 16.1. The smallest absolute Gasteiger partial charge is 0.256 e. The molecule has 1 aromatic heterocycles. The van der Waals surface area contributed by atoms with Crippen LogP contribution in [0.4, 0.5) is 11.4 Å². The first-order valence-corrected chi connectivity index (χ1v) is 9.72. The van der Waals surface area contributed by atoms with Crippen LogP contribution in [0.1, 0.15) is 17.3 Å². The highest BCUT2D eigenvalue weighted by atomic mass is 35.5. The predicted molar refractivity (Wildman–Crippen MR) is 121 cm³/mol. The molecule has 0 aliphatic rings. The Morgan fingerprint density at radius 2 is 1.47 bits per heavy atom. The lowest BCUT2D eigenvalue weighted by Crippen LogP contribution is -2.13. The number of nitrogens with zero attached hydrogens (tertiary/aromatic N) is 1. The Balaban J connectivity index is 1.69. The fourth-order valence-corrected chi connectivity index (χ4v) is 3.30. The van der Waals surface area contributed by atoms with Crippen LogP contribution >= 0.6 is 11.6 Å². The number of benzene rings is 3. The molecule has 0 saturated carbocycles. The number of carbonyl (C=O) groups excluding carboxylic acids is 2. The van der Waals surface area contributed by atoms with Gasteiger partial charge in [0.05, 0.1) is 16.8 Å². The maximum absolute atomic E-state index is 13.1. The van der Waals surface area contributed by atoms with E-state index in [0.717, 1.165) is 16.5 Å². The van der Waals surface area contributed by atoms with Gasteiger partial charge >= 0.3 is 0 Å². The molecule has 2 N–H and O–H groups in total. The molecule has 2 amide bonds. The molecular weight excluding hydrogens is 398 g/mol. The van der Waals surface area contributed by atoms with Crippen LogP contribution < -0.4 is 10.6 Å². The van der Waals surface area contributed by atoms with Gasteiger partial charge in [0.1, 0.15) is 0 Å². The lowest BCUT2D eigenvalue weighted by atomic mass is 10.0. The van der Waals surface area contributed by atoms with E-state index in [4.69, 9.17) is 16.6 Å². The molecule has 0 saturated heterocycles. The standard InChI is InChI=1S/C24H18ClN3O2/c1-15(29)26-18-10-12-19(13-11-18)27-24(30)21-14-23(16-6-8-17(25)9-7-16)28-22-5-3-2-4-20(21)22/h2-14H,1H3,(H,26,29)(H,27,30). The highest BCUT2D eigenvalue weighted by Crippen LogP contribution is 2.27. The normalized spacial score (nSPS) is 10.6. The monoisotopic (exact) mass is 415 g/mol. The quantitative estimate of drug-likeness (QED) is 0.444. The van der Waals surface area contributed by atoms with Crippen LogP contribution in [0.25, 0.3) is 22.2 Å². The van der Waals surface area contributed by atoms with Crippen molar-refractivity contribution in [2.24, 2.45) is 0 Å². The van der Waals surface area contributed by atoms with E-state index >= 15 is 0 Å². The van der Waals surface area contributed by atoms with E-state index in [0.29, 0.717) is 27.7 Å². The molecule has 30 heavy (non-hydrogen) atoms. The summed E-state index contributed by atoms with van der Waals surface area (Å²) >= 11 is 6.00. The molecular formula is C24H18ClN3O2. The van der Waals surface area contributed by atoms with Crippen molar-refractivity contribution in [2.45, 2.75) is 6.92 Å². The highest BCUT2D eigenvalue weighted by Gasteiger charge is 2.14. The summed E-state index contributed by atoms with van der Waals surface area (Å²) in [5, 5.41) is 7.02. The second kappa shape index (κ2) is 8.35. The van der Waals surface area contributed by atoms with Gasteiger partial charge in [0.2, 0.25) is 5.91 Å². The number of amides is 2. The van der Waals surface area contributed by atoms with Crippen molar-refractivity contribution in [3.8, 4) is 11.3 Å². The van der Waals surface area contributed by atoms with Gasteiger partial charge in [0, 0.05) is 34.3 Å². The van der Waals surface area contributed by atoms with Gasteiger partial charge in [-0.05, 0) is 48.5 Å². The summed E-state index contributed by atoms with van der Waals surface area (Å²) in [6.45, 7) is 1.45. The Labute approximate surface area is 178 Å². The molecule has 0 radical (unpaired) electrons. The summed E-state index contributed by atoms with van der Waals surface area (Å²) in [5.74, 6) is -0.388. The van der Waals surface area contributed by atoms with Crippen molar-refractivity contribution in [3.05, 3.63) is 89.4 Å². The van der Waals surface area contributed by atoms with E-state index in [2.05, 4.69) is 10.6 Å². The fraction of sp³-hybridized carbons (Fsp3) is 0.0417. The molecule has 0 fully saturated rings. The SMILES string of the molecule is CC(=O)Nc1ccc(NC(=O)c2cc(-c3ccc(Cl)cc3)nc3ccccc23)cc1. The minimum absolute atomic E-state index is 0.148. The van der Waals surface area contributed by atoms with E-state index in [9.17, 15) is 9.59 Å². The first kappa shape index (κ1) is 19.6. The number of anilines is 2. The van der Waals surface area contributed by atoms with E-state index < -0.39 is 0 Å². The molecule has 1 heterocycles. The summed E-state index contributed by atoms with van der Waals surface area (Å²) in [4.78, 5) is 29.0. The van der Waals surface area contributed by atoms with Gasteiger partial charge in [-0.3, -0.25) is 9.59 Å². The van der Waals surface area contributed by atoms with Gasteiger partial charge in [-0.2, -0.15) is 0 Å². The molecule has 5 nitrogen and oxygen atoms in total.